The average Bonchev–Trinajstić information content (AvgIpc) is 2.17. The molecule has 1 heterocycles. The van der Waals surface area contributed by atoms with Gasteiger partial charge in [0.2, 0.25) is 0 Å². The molecule has 0 unspecified atom stereocenters. The van der Waals surface area contributed by atoms with E-state index in [0.717, 1.165) is 6.20 Å². The van der Waals surface area contributed by atoms with E-state index in [4.69, 9.17) is 10.8 Å². The van der Waals surface area contributed by atoms with Gasteiger partial charge in [0.05, 0.1) is 6.61 Å². The molecule has 4 nitrogen and oxygen atoms in total. The van der Waals surface area contributed by atoms with Gasteiger partial charge in [-0.3, -0.25) is 4.79 Å². The highest BCUT2D eigenvalue weighted by Crippen LogP contribution is 2.24. The van der Waals surface area contributed by atoms with Gasteiger partial charge in [-0.05, 0) is 0 Å². The van der Waals surface area contributed by atoms with E-state index in [0.29, 0.717) is 0 Å². The second-order valence-corrected chi connectivity index (χ2v) is 2.70. The molecule has 0 saturated heterocycles. The minimum atomic E-state index is -2.81. The molecule has 6 heteroatoms. The Balaban J connectivity index is 3.44. The molecule has 0 saturated carbocycles. The van der Waals surface area contributed by atoms with Crippen LogP contribution in [-0.2, 0) is 13.2 Å². The Bertz CT molecular complexity index is 376. The molecule has 0 amide bonds. The van der Waals surface area contributed by atoms with Gasteiger partial charge in [-0.2, -0.15) is 0 Å². The fraction of sp³-hybridized carbons (Fsp3) is 0.375. The maximum absolute atomic E-state index is 12.5. The van der Waals surface area contributed by atoms with Crippen molar-refractivity contribution in [3.8, 4) is 0 Å². The van der Waals surface area contributed by atoms with E-state index in [1.165, 1.54) is 0 Å². The van der Waals surface area contributed by atoms with Crippen molar-refractivity contribution < 1.29 is 13.9 Å². The number of aliphatic hydroxyl groups excluding tert-OH is 1. The Morgan fingerprint density at radius 1 is 1.57 bits per heavy atom. The first kappa shape index (κ1) is 10.8. The number of H-pyrrole nitrogens is 1. The van der Waals surface area contributed by atoms with Crippen molar-refractivity contribution >= 4 is 0 Å². The van der Waals surface area contributed by atoms with Gasteiger partial charge in [-0.1, -0.05) is 0 Å². The number of aromatic amines is 1. The summed E-state index contributed by atoms with van der Waals surface area (Å²) in [4.78, 5) is 13.3. The van der Waals surface area contributed by atoms with Crippen LogP contribution in [0.4, 0.5) is 8.78 Å². The maximum Gasteiger partial charge on any atom is 0.264 e. The molecule has 1 aromatic heterocycles. The number of rotatable bonds is 3. The average molecular weight is 204 g/mol. The zero-order valence-electron chi connectivity index (χ0n) is 7.26. The third kappa shape index (κ3) is 1.80. The van der Waals surface area contributed by atoms with E-state index >= 15 is 0 Å². The van der Waals surface area contributed by atoms with Crippen molar-refractivity contribution in [3.05, 3.63) is 33.2 Å². The molecule has 0 aliphatic carbocycles. The van der Waals surface area contributed by atoms with Crippen LogP contribution >= 0.6 is 0 Å². The summed E-state index contributed by atoms with van der Waals surface area (Å²) >= 11 is 0. The summed E-state index contributed by atoms with van der Waals surface area (Å²) in [6, 6.07) is 0. The largest absolute Gasteiger partial charge is 0.392 e. The number of pyridine rings is 1. The van der Waals surface area contributed by atoms with Gasteiger partial charge in [0.15, 0.2) is 0 Å². The number of nitrogens with two attached hydrogens (primary N) is 1. The highest BCUT2D eigenvalue weighted by Gasteiger charge is 2.19. The Morgan fingerprint density at radius 3 is 2.64 bits per heavy atom. The highest BCUT2D eigenvalue weighted by molar-refractivity contribution is 5.32. The molecule has 0 spiro atoms. The molecular formula is C8H10F2N2O2. The van der Waals surface area contributed by atoms with Crippen LogP contribution < -0.4 is 11.3 Å². The fourth-order valence-corrected chi connectivity index (χ4v) is 1.24. The number of alkyl halides is 2. The normalized spacial score (nSPS) is 10.9. The molecule has 0 bridgehead atoms. The van der Waals surface area contributed by atoms with Crippen molar-refractivity contribution in [2.75, 3.05) is 0 Å². The number of hydrogen-bond acceptors (Lipinski definition) is 3. The molecule has 0 fully saturated rings. The molecule has 0 atom stereocenters. The van der Waals surface area contributed by atoms with Crippen molar-refractivity contribution in [2.45, 2.75) is 19.6 Å². The zero-order valence-corrected chi connectivity index (χ0v) is 7.26. The van der Waals surface area contributed by atoms with Crippen LogP contribution in [0.5, 0.6) is 0 Å². The van der Waals surface area contributed by atoms with Crippen LogP contribution in [0, 0.1) is 0 Å². The Kier molecular flexibility index (Phi) is 3.32. The number of aromatic nitrogens is 1. The number of nitrogens with one attached hydrogen (secondary N) is 1. The summed E-state index contributed by atoms with van der Waals surface area (Å²) in [5.74, 6) is 0. The lowest BCUT2D eigenvalue weighted by Gasteiger charge is -2.09. The predicted octanol–water partition coefficient (Wildman–Crippen LogP) is 0.264. The summed E-state index contributed by atoms with van der Waals surface area (Å²) in [7, 11) is 0. The van der Waals surface area contributed by atoms with Crippen LogP contribution in [0.3, 0.4) is 0 Å². The van der Waals surface area contributed by atoms with E-state index in [1.54, 1.807) is 0 Å². The van der Waals surface area contributed by atoms with E-state index < -0.39 is 24.2 Å². The van der Waals surface area contributed by atoms with Gasteiger partial charge in [-0.25, -0.2) is 8.78 Å². The fourth-order valence-electron chi connectivity index (χ4n) is 1.24. The minimum Gasteiger partial charge on any atom is -0.392 e. The van der Waals surface area contributed by atoms with Gasteiger partial charge in [0, 0.05) is 29.4 Å². The molecule has 4 N–H and O–H groups in total. The molecule has 0 aromatic carbocycles. The first-order chi connectivity index (χ1) is 6.61. The summed E-state index contributed by atoms with van der Waals surface area (Å²) in [6.07, 6.45) is -1.74. The maximum atomic E-state index is 12.5. The van der Waals surface area contributed by atoms with Crippen LogP contribution in [0.1, 0.15) is 23.1 Å². The van der Waals surface area contributed by atoms with Crippen molar-refractivity contribution in [3.63, 3.8) is 0 Å². The Morgan fingerprint density at radius 2 is 2.21 bits per heavy atom. The lowest BCUT2D eigenvalue weighted by molar-refractivity contribution is 0.145. The van der Waals surface area contributed by atoms with E-state index in [-0.39, 0.29) is 17.7 Å². The SMILES string of the molecule is NCc1c(C(F)F)c(CO)c[nH]c1=O. The summed E-state index contributed by atoms with van der Waals surface area (Å²) in [6.45, 7) is -0.827. The van der Waals surface area contributed by atoms with Crippen molar-refractivity contribution in [2.24, 2.45) is 5.73 Å². The third-order valence-corrected chi connectivity index (χ3v) is 1.92. The molecule has 0 radical (unpaired) electrons. The van der Waals surface area contributed by atoms with Gasteiger partial charge in [0.1, 0.15) is 0 Å². The van der Waals surface area contributed by atoms with Gasteiger partial charge >= 0.3 is 0 Å². The molecule has 1 aromatic rings. The topological polar surface area (TPSA) is 79.1 Å². The number of aliphatic hydroxyl groups is 1. The van der Waals surface area contributed by atoms with Gasteiger partial charge < -0.3 is 15.8 Å². The predicted molar refractivity (Wildman–Crippen MR) is 45.8 cm³/mol. The molecule has 1 rings (SSSR count). The Labute approximate surface area is 78.4 Å². The second-order valence-electron chi connectivity index (χ2n) is 2.70. The molecule has 78 valence electrons. The van der Waals surface area contributed by atoms with E-state index in [2.05, 4.69) is 4.98 Å². The number of halogens is 2. The first-order valence-corrected chi connectivity index (χ1v) is 3.94. The third-order valence-electron chi connectivity index (χ3n) is 1.92. The second kappa shape index (κ2) is 4.30. The highest BCUT2D eigenvalue weighted by atomic mass is 19.3. The van der Waals surface area contributed by atoms with Crippen molar-refractivity contribution in [1.29, 1.82) is 0 Å². The van der Waals surface area contributed by atoms with Crippen LogP contribution in [0.15, 0.2) is 11.0 Å². The smallest absolute Gasteiger partial charge is 0.264 e. The minimum absolute atomic E-state index is 0.0000463. The standard InChI is InChI=1S/C8H10F2N2O2/c9-7(10)6-4(3-13)2-12-8(14)5(6)1-11/h2,7,13H,1,3,11H2,(H,12,14). The Hall–Kier alpha value is -1.27. The van der Waals surface area contributed by atoms with Crippen LogP contribution in [0.25, 0.3) is 0 Å². The molecular weight excluding hydrogens is 194 g/mol. The quantitative estimate of drug-likeness (QED) is 0.660. The van der Waals surface area contributed by atoms with E-state index in [9.17, 15) is 13.6 Å². The number of hydrogen-bond donors (Lipinski definition) is 3. The summed E-state index contributed by atoms with van der Waals surface area (Å²) < 4.78 is 25.0. The van der Waals surface area contributed by atoms with E-state index in [1.807, 2.05) is 0 Å². The summed E-state index contributed by atoms with van der Waals surface area (Å²) in [5, 5.41) is 8.78. The lowest BCUT2D eigenvalue weighted by Crippen LogP contribution is -2.20. The monoisotopic (exact) mass is 204 g/mol. The van der Waals surface area contributed by atoms with Gasteiger partial charge in [0.25, 0.3) is 12.0 Å². The summed E-state index contributed by atoms with van der Waals surface area (Å²) in [5.41, 5.74) is 3.91. The van der Waals surface area contributed by atoms with Gasteiger partial charge in [-0.15, -0.1) is 0 Å². The first-order valence-electron chi connectivity index (χ1n) is 3.94. The molecule has 0 aliphatic heterocycles. The van der Waals surface area contributed by atoms with Crippen LogP contribution in [0.2, 0.25) is 0 Å². The molecule has 0 aliphatic rings. The van der Waals surface area contributed by atoms with Crippen molar-refractivity contribution in [1.82, 2.24) is 4.98 Å². The molecule has 14 heavy (non-hydrogen) atoms. The lowest BCUT2D eigenvalue weighted by atomic mass is 10.1. The zero-order chi connectivity index (χ0) is 10.7. The van der Waals surface area contributed by atoms with Crippen LogP contribution in [-0.4, -0.2) is 10.1 Å².